The Morgan fingerprint density at radius 3 is 2.47 bits per heavy atom. The fraction of sp³-hybridized carbons (Fsp3) is 0.286. The van der Waals surface area contributed by atoms with Crippen molar-refractivity contribution in [1.29, 1.82) is 0 Å². The van der Waals surface area contributed by atoms with Crippen LogP contribution in [0.1, 0.15) is 11.4 Å². The summed E-state index contributed by atoms with van der Waals surface area (Å²) in [4.78, 5) is 8.91. The van der Waals surface area contributed by atoms with Crippen molar-refractivity contribution in [3.8, 4) is 17.0 Å². The van der Waals surface area contributed by atoms with Crippen LogP contribution in [-0.4, -0.2) is 24.1 Å². The van der Waals surface area contributed by atoms with E-state index >= 15 is 0 Å². The van der Waals surface area contributed by atoms with E-state index in [2.05, 4.69) is 15.3 Å². The molecule has 0 saturated heterocycles. The van der Waals surface area contributed by atoms with Gasteiger partial charge in [0.1, 0.15) is 17.3 Å². The maximum absolute atomic E-state index is 13.5. The topological polar surface area (TPSA) is 47.0 Å². The molecule has 2 rings (SSSR count). The number of benzene rings is 1. The lowest BCUT2D eigenvalue weighted by molar-refractivity contribution is 0.415. The minimum absolute atomic E-state index is 0.335. The molecule has 2 aromatic rings. The zero-order valence-electron chi connectivity index (χ0n) is 11.4. The smallest absolute Gasteiger partial charge is 0.152 e. The van der Waals surface area contributed by atoms with Crippen molar-refractivity contribution in [2.75, 3.05) is 19.5 Å². The average Bonchev–Trinajstić information content (AvgIpc) is 2.41. The number of halogens is 1. The number of ether oxygens (including phenoxy) is 1. The molecule has 0 radical (unpaired) electrons. The van der Waals surface area contributed by atoms with Gasteiger partial charge in [0.2, 0.25) is 0 Å². The van der Waals surface area contributed by atoms with E-state index in [1.54, 1.807) is 20.2 Å². The van der Waals surface area contributed by atoms with Crippen LogP contribution >= 0.6 is 0 Å². The molecule has 0 fully saturated rings. The molecular weight excluding hydrogens is 245 g/mol. The summed E-state index contributed by atoms with van der Waals surface area (Å²) in [6.07, 6.45) is 0. The minimum Gasteiger partial charge on any atom is -0.496 e. The first-order valence-electron chi connectivity index (χ1n) is 5.93. The van der Waals surface area contributed by atoms with E-state index in [1.165, 1.54) is 12.1 Å². The number of hydrogen-bond donors (Lipinski definition) is 1. The standard InChI is InChI=1S/C14H16FN3O/c1-8-9(2)18-14(16-3)13(17-8)11-7-10(15)5-6-12(11)19-4/h5-7H,1-4H3,(H,16,18). The molecule has 0 aliphatic heterocycles. The molecule has 0 saturated carbocycles. The van der Waals surface area contributed by atoms with E-state index in [9.17, 15) is 4.39 Å². The van der Waals surface area contributed by atoms with Gasteiger partial charge in [0, 0.05) is 12.6 Å². The Kier molecular flexibility index (Phi) is 3.64. The summed E-state index contributed by atoms with van der Waals surface area (Å²) < 4.78 is 18.7. The molecule has 4 nitrogen and oxygen atoms in total. The average molecular weight is 261 g/mol. The predicted octanol–water partition coefficient (Wildman–Crippen LogP) is 2.95. The van der Waals surface area contributed by atoms with Crippen molar-refractivity contribution in [2.45, 2.75) is 13.8 Å². The van der Waals surface area contributed by atoms with Crippen LogP contribution in [0.2, 0.25) is 0 Å². The summed E-state index contributed by atoms with van der Waals surface area (Å²) >= 11 is 0. The summed E-state index contributed by atoms with van der Waals surface area (Å²) in [6, 6.07) is 4.34. The SMILES string of the molecule is CNc1nc(C)c(C)nc1-c1cc(F)ccc1OC. The lowest BCUT2D eigenvalue weighted by Gasteiger charge is -2.13. The van der Waals surface area contributed by atoms with Gasteiger partial charge in [0.05, 0.1) is 18.5 Å². The monoisotopic (exact) mass is 261 g/mol. The van der Waals surface area contributed by atoms with Crippen LogP contribution in [-0.2, 0) is 0 Å². The Labute approximate surface area is 111 Å². The Morgan fingerprint density at radius 1 is 1.16 bits per heavy atom. The number of aromatic nitrogens is 2. The number of nitrogens with one attached hydrogen (secondary N) is 1. The number of rotatable bonds is 3. The van der Waals surface area contributed by atoms with Gasteiger partial charge in [-0.25, -0.2) is 14.4 Å². The Hall–Kier alpha value is -2.17. The van der Waals surface area contributed by atoms with Gasteiger partial charge in [-0.15, -0.1) is 0 Å². The maximum Gasteiger partial charge on any atom is 0.152 e. The lowest BCUT2D eigenvalue weighted by Crippen LogP contribution is -2.03. The van der Waals surface area contributed by atoms with Crippen molar-refractivity contribution < 1.29 is 9.13 Å². The van der Waals surface area contributed by atoms with E-state index in [-0.39, 0.29) is 5.82 Å². The van der Waals surface area contributed by atoms with Gasteiger partial charge in [-0.2, -0.15) is 0 Å². The maximum atomic E-state index is 13.5. The van der Waals surface area contributed by atoms with Gasteiger partial charge in [-0.1, -0.05) is 0 Å². The molecule has 1 aromatic carbocycles. The number of aryl methyl sites for hydroxylation is 2. The molecule has 1 N–H and O–H groups in total. The van der Waals surface area contributed by atoms with Gasteiger partial charge in [0.25, 0.3) is 0 Å². The van der Waals surface area contributed by atoms with Crippen LogP contribution in [0.4, 0.5) is 10.2 Å². The van der Waals surface area contributed by atoms with Crippen molar-refractivity contribution in [3.63, 3.8) is 0 Å². The van der Waals surface area contributed by atoms with E-state index in [0.717, 1.165) is 11.4 Å². The molecule has 1 aromatic heterocycles. The second-order valence-corrected chi connectivity index (χ2v) is 4.19. The fourth-order valence-corrected chi connectivity index (χ4v) is 1.83. The zero-order valence-corrected chi connectivity index (χ0v) is 11.4. The normalized spacial score (nSPS) is 10.4. The molecule has 19 heavy (non-hydrogen) atoms. The number of methoxy groups -OCH3 is 1. The van der Waals surface area contributed by atoms with Crippen molar-refractivity contribution in [1.82, 2.24) is 9.97 Å². The van der Waals surface area contributed by atoms with E-state index in [1.807, 2.05) is 13.8 Å². The molecule has 0 aliphatic rings. The highest BCUT2D eigenvalue weighted by molar-refractivity contribution is 5.76. The van der Waals surface area contributed by atoms with E-state index < -0.39 is 0 Å². The second-order valence-electron chi connectivity index (χ2n) is 4.19. The summed E-state index contributed by atoms with van der Waals surface area (Å²) in [5.74, 6) is 0.834. The minimum atomic E-state index is -0.335. The van der Waals surface area contributed by atoms with Gasteiger partial charge in [-0.05, 0) is 32.0 Å². The van der Waals surface area contributed by atoms with Crippen LogP contribution in [0.15, 0.2) is 18.2 Å². The third-order valence-corrected chi connectivity index (χ3v) is 2.96. The van der Waals surface area contributed by atoms with Crippen molar-refractivity contribution in [2.24, 2.45) is 0 Å². The molecule has 5 heteroatoms. The number of nitrogens with zero attached hydrogens (tertiary/aromatic N) is 2. The number of anilines is 1. The van der Waals surface area contributed by atoms with Crippen molar-refractivity contribution >= 4 is 5.82 Å². The number of hydrogen-bond acceptors (Lipinski definition) is 4. The van der Waals surface area contributed by atoms with Gasteiger partial charge >= 0.3 is 0 Å². The first-order valence-corrected chi connectivity index (χ1v) is 5.93. The Balaban J connectivity index is 2.70. The van der Waals surface area contributed by atoms with Crippen LogP contribution in [0.3, 0.4) is 0 Å². The van der Waals surface area contributed by atoms with Crippen LogP contribution < -0.4 is 10.1 Å². The quantitative estimate of drug-likeness (QED) is 0.922. The molecule has 1 heterocycles. The third kappa shape index (κ3) is 2.50. The first-order chi connectivity index (χ1) is 9.06. The fourth-order valence-electron chi connectivity index (χ4n) is 1.83. The molecular formula is C14H16FN3O. The van der Waals surface area contributed by atoms with Gasteiger partial charge < -0.3 is 10.1 Å². The van der Waals surface area contributed by atoms with Gasteiger partial charge in [-0.3, -0.25) is 0 Å². The third-order valence-electron chi connectivity index (χ3n) is 2.96. The van der Waals surface area contributed by atoms with E-state index in [4.69, 9.17) is 4.74 Å². The highest BCUT2D eigenvalue weighted by Crippen LogP contribution is 2.33. The van der Waals surface area contributed by atoms with Crippen LogP contribution in [0.25, 0.3) is 11.3 Å². The van der Waals surface area contributed by atoms with Crippen LogP contribution in [0, 0.1) is 19.7 Å². The predicted molar refractivity (Wildman–Crippen MR) is 73.0 cm³/mol. The molecule has 0 atom stereocenters. The zero-order chi connectivity index (χ0) is 14.0. The molecule has 0 aliphatic carbocycles. The first kappa shape index (κ1) is 13.3. The van der Waals surface area contributed by atoms with Crippen molar-refractivity contribution in [3.05, 3.63) is 35.4 Å². The molecule has 0 amide bonds. The highest BCUT2D eigenvalue weighted by atomic mass is 19.1. The summed E-state index contributed by atoms with van der Waals surface area (Å²) in [6.45, 7) is 3.76. The summed E-state index contributed by atoms with van der Waals surface area (Å²) in [5.41, 5.74) is 2.81. The Bertz CT molecular complexity index is 614. The molecule has 0 spiro atoms. The highest BCUT2D eigenvalue weighted by Gasteiger charge is 2.15. The summed E-state index contributed by atoms with van der Waals surface area (Å²) in [7, 11) is 3.30. The van der Waals surface area contributed by atoms with Crippen LogP contribution in [0.5, 0.6) is 5.75 Å². The molecule has 100 valence electrons. The largest absolute Gasteiger partial charge is 0.496 e. The Morgan fingerprint density at radius 2 is 1.84 bits per heavy atom. The molecule has 0 bridgehead atoms. The second kappa shape index (κ2) is 5.22. The molecule has 0 unspecified atom stereocenters. The van der Waals surface area contributed by atoms with Gasteiger partial charge in [0.15, 0.2) is 5.82 Å². The summed E-state index contributed by atoms with van der Waals surface area (Å²) in [5, 5.41) is 2.98. The lowest BCUT2D eigenvalue weighted by atomic mass is 10.1. The van der Waals surface area contributed by atoms with E-state index in [0.29, 0.717) is 22.8 Å².